The summed E-state index contributed by atoms with van der Waals surface area (Å²) < 4.78 is 14.7. The van der Waals surface area contributed by atoms with Crippen LogP contribution in [0, 0.1) is 5.82 Å². The quantitative estimate of drug-likeness (QED) is 0.760. The fourth-order valence-corrected chi connectivity index (χ4v) is 2.65. The van der Waals surface area contributed by atoms with Crippen LogP contribution in [0.5, 0.6) is 0 Å². The summed E-state index contributed by atoms with van der Waals surface area (Å²) in [6.07, 6.45) is 2.42. The van der Waals surface area contributed by atoms with E-state index in [9.17, 15) is 14.0 Å². The van der Waals surface area contributed by atoms with E-state index in [2.05, 4.69) is 12.2 Å². The van der Waals surface area contributed by atoms with E-state index in [4.69, 9.17) is 0 Å². The highest BCUT2D eigenvalue weighted by Crippen LogP contribution is 2.12. The van der Waals surface area contributed by atoms with E-state index in [0.717, 1.165) is 6.42 Å². The van der Waals surface area contributed by atoms with Crippen LogP contribution in [-0.4, -0.2) is 10.5 Å². The molecule has 1 N–H and O–H groups in total. The lowest BCUT2D eigenvalue weighted by molar-refractivity contribution is 0.102. The average Bonchev–Trinajstić information content (AvgIpc) is 2.64. The Morgan fingerprint density at radius 3 is 2.50 bits per heavy atom. The van der Waals surface area contributed by atoms with Crippen molar-refractivity contribution in [3.63, 3.8) is 0 Å². The highest BCUT2D eigenvalue weighted by molar-refractivity contribution is 6.04. The number of rotatable bonds is 5. The molecule has 0 fully saturated rings. The summed E-state index contributed by atoms with van der Waals surface area (Å²) in [7, 11) is 0. The van der Waals surface area contributed by atoms with Crippen LogP contribution in [0.3, 0.4) is 0 Å². The topological polar surface area (TPSA) is 51.1 Å². The number of amides is 1. The third-order valence-corrected chi connectivity index (χ3v) is 4.11. The summed E-state index contributed by atoms with van der Waals surface area (Å²) in [5.74, 6) is -0.665. The Balaban J connectivity index is 1.79. The fourth-order valence-electron chi connectivity index (χ4n) is 2.65. The van der Waals surface area contributed by atoms with Gasteiger partial charge in [0.25, 0.3) is 11.5 Å². The molecular formula is C21H19FN2O2. The second kappa shape index (κ2) is 7.78. The van der Waals surface area contributed by atoms with E-state index < -0.39 is 0 Å². The number of carbonyl (C=O) groups excluding carboxylic acids is 1. The first kappa shape index (κ1) is 17.6. The van der Waals surface area contributed by atoms with Crippen molar-refractivity contribution in [1.29, 1.82) is 0 Å². The third-order valence-electron chi connectivity index (χ3n) is 4.11. The van der Waals surface area contributed by atoms with Gasteiger partial charge in [-0.1, -0.05) is 31.2 Å². The molecule has 2 aromatic carbocycles. The molecule has 1 aromatic heterocycles. The maximum Gasteiger partial charge on any atom is 0.257 e. The minimum atomic E-state index is -0.361. The number of benzene rings is 2. The largest absolute Gasteiger partial charge is 0.322 e. The molecule has 0 spiro atoms. The van der Waals surface area contributed by atoms with Gasteiger partial charge in [0, 0.05) is 18.0 Å². The number of nitrogens with zero attached hydrogens (tertiary/aromatic N) is 1. The molecule has 0 aliphatic rings. The summed E-state index contributed by atoms with van der Waals surface area (Å²) in [5.41, 5.74) is 2.64. The zero-order chi connectivity index (χ0) is 18.5. The van der Waals surface area contributed by atoms with E-state index in [-0.39, 0.29) is 23.8 Å². The lowest BCUT2D eigenvalue weighted by Crippen LogP contribution is -2.22. The minimum Gasteiger partial charge on any atom is -0.322 e. The monoisotopic (exact) mass is 350 g/mol. The van der Waals surface area contributed by atoms with Gasteiger partial charge in [0.2, 0.25) is 0 Å². The van der Waals surface area contributed by atoms with Crippen molar-refractivity contribution in [2.45, 2.75) is 19.9 Å². The van der Waals surface area contributed by atoms with E-state index >= 15 is 0 Å². The third kappa shape index (κ3) is 4.25. The lowest BCUT2D eigenvalue weighted by Gasteiger charge is -2.10. The molecule has 5 heteroatoms. The first-order valence-electron chi connectivity index (χ1n) is 8.40. The van der Waals surface area contributed by atoms with Gasteiger partial charge < -0.3 is 9.88 Å². The van der Waals surface area contributed by atoms with Crippen molar-refractivity contribution in [3.8, 4) is 0 Å². The number of hydrogen-bond donors (Lipinski definition) is 1. The van der Waals surface area contributed by atoms with Crippen molar-refractivity contribution in [2.75, 3.05) is 5.32 Å². The molecule has 0 bridgehead atoms. The van der Waals surface area contributed by atoms with E-state index in [1.165, 1.54) is 40.6 Å². The molecule has 0 saturated heterocycles. The molecule has 0 saturated carbocycles. The van der Waals surface area contributed by atoms with E-state index in [1.54, 1.807) is 12.1 Å². The van der Waals surface area contributed by atoms with Crippen molar-refractivity contribution in [3.05, 3.63) is 99.7 Å². The van der Waals surface area contributed by atoms with Crippen LogP contribution in [0.1, 0.15) is 28.4 Å². The summed E-state index contributed by atoms with van der Waals surface area (Å²) in [6, 6.07) is 16.5. The van der Waals surface area contributed by atoms with Crippen molar-refractivity contribution in [2.24, 2.45) is 0 Å². The molecule has 132 valence electrons. The predicted octanol–water partition coefficient (Wildman–Crippen LogP) is 3.85. The van der Waals surface area contributed by atoms with Gasteiger partial charge >= 0.3 is 0 Å². The summed E-state index contributed by atoms with van der Waals surface area (Å²) in [4.78, 5) is 24.5. The Kier molecular flexibility index (Phi) is 5.27. The van der Waals surface area contributed by atoms with Crippen molar-refractivity contribution < 1.29 is 9.18 Å². The average molecular weight is 350 g/mol. The molecule has 0 aliphatic carbocycles. The smallest absolute Gasteiger partial charge is 0.257 e. The molecule has 0 atom stereocenters. The minimum absolute atomic E-state index is 0.197. The second-order valence-corrected chi connectivity index (χ2v) is 6.02. The molecule has 26 heavy (non-hydrogen) atoms. The molecule has 0 aliphatic heterocycles. The Bertz CT molecular complexity index is 978. The van der Waals surface area contributed by atoms with Gasteiger partial charge in [-0.25, -0.2) is 4.39 Å². The number of nitrogens with one attached hydrogen (secondary N) is 1. The second-order valence-electron chi connectivity index (χ2n) is 6.02. The van der Waals surface area contributed by atoms with Crippen LogP contribution in [-0.2, 0) is 13.0 Å². The lowest BCUT2D eigenvalue weighted by atomic mass is 10.1. The molecular weight excluding hydrogens is 331 g/mol. The van der Waals surface area contributed by atoms with Gasteiger partial charge in [0.05, 0.1) is 12.1 Å². The molecule has 1 amide bonds. The van der Waals surface area contributed by atoms with Gasteiger partial charge in [-0.15, -0.1) is 0 Å². The SMILES string of the molecule is CCc1ccc(NC(=O)c2ccc(=O)n(Cc3cccc(F)c3)c2)cc1. The zero-order valence-corrected chi connectivity index (χ0v) is 14.4. The Labute approximate surface area is 150 Å². The normalized spacial score (nSPS) is 10.5. The van der Waals surface area contributed by atoms with E-state index in [0.29, 0.717) is 16.8 Å². The number of halogens is 1. The maximum absolute atomic E-state index is 13.3. The molecule has 3 rings (SSSR count). The van der Waals surface area contributed by atoms with Crippen LogP contribution in [0.15, 0.2) is 71.7 Å². The van der Waals surface area contributed by atoms with Gasteiger partial charge in [-0.05, 0) is 47.9 Å². The van der Waals surface area contributed by atoms with Crippen molar-refractivity contribution in [1.82, 2.24) is 4.57 Å². The predicted molar refractivity (Wildman–Crippen MR) is 100.0 cm³/mol. The molecule has 1 heterocycles. The Morgan fingerprint density at radius 2 is 1.81 bits per heavy atom. The van der Waals surface area contributed by atoms with Crippen LogP contribution in [0.2, 0.25) is 0 Å². The van der Waals surface area contributed by atoms with E-state index in [1.807, 2.05) is 24.3 Å². The Morgan fingerprint density at radius 1 is 1.04 bits per heavy atom. The summed E-state index contributed by atoms with van der Waals surface area (Å²) in [5, 5.41) is 2.81. The highest BCUT2D eigenvalue weighted by atomic mass is 19.1. The Hall–Kier alpha value is -3.21. The van der Waals surface area contributed by atoms with Crippen LogP contribution < -0.4 is 10.9 Å². The van der Waals surface area contributed by atoms with Crippen molar-refractivity contribution >= 4 is 11.6 Å². The fraction of sp³-hybridized carbons (Fsp3) is 0.143. The molecule has 0 radical (unpaired) electrons. The summed E-state index contributed by atoms with van der Waals surface area (Å²) >= 11 is 0. The number of anilines is 1. The van der Waals surface area contributed by atoms with Crippen LogP contribution >= 0.6 is 0 Å². The maximum atomic E-state index is 13.3. The van der Waals surface area contributed by atoms with Gasteiger partial charge in [0.15, 0.2) is 0 Å². The number of aromatic nitrogens is 1. The first-order valence-corrected chi connectivity index (χ1v) is 8.40. The molecule has 4 nitrogen and oxygen atoms in total. The first-order chi connectivity index (χ1) is 12.5. The van der Waals surface area contributed by atoms with Gasteiger partial charge in [-0.2, -0.15) is 0 Å². The number of carbonyl (C=O) groups is 1. The number of pyridine rings is 1. The highest BCUT2D eigenvalue weighted by Gasteiger charge is 2.09. The number of hydrogen-bond acceptors (Lipinski definition) is 2. The number of aryl methyl sites for hydroxylation is 1. The summed E-state index contributed by atoms with van der Waals surface area (Å²) in [6.45, 7) is 2.26. The van der Waals surface area contributed by atoms with Gasteiger partial charge in [0.1, 0.15) is 5.82 Å². The standard InChI is InChI=1S/C21H19FN2O2/c1-2-15-6-9-19(10-7-15)23-21(26)17-8-11-20(25)24(14-17)13-16-4-3-5-18(22)12-16/h3-12,14H,2,13H2,1H3,(H,23,26). The molecule has 3 aromatic rings. The van der Waals surface area contributed by atoms with Gasteiger partial charge in [-0.3, -0.25) is 9.59 Å². The van der Waals surface area contributed by atoms with Crippen LogP contribution in [0.4, 0.5) is 10.1 Å². The molecule has 0 unspecified atom stereocenters. The zero-order valence-electron chi connectivity index (χ0n) is 14.4. The van der Waals surface area contributed by atoms with Crippen LogP contribution in [0.25, 0.3) is 0 Å².